The lowest BCUT2D eigenvalue weighted by Crippen LogP contribution is -2.38. The van der Waals surface area contributed by atoms with Gasteiger partial charge in [0, 0.05) is 11.8 Å². The Morgan fingerprint density at radius 1 is 1.25 bits per heavy atom. The molecule has 0 aliphatic heterocycles. The molecule has 1 N–H and O–H groups in total. The Morgan fingerprint density at radius 2 is 1.96 bits per heavy atom. The predicted octanol–water partition coefficient (Wildman–Crippen LogP) is 2.18. The maximum absolute atomic E-state index is 12.6. The smallest absolute Gasteiger partial charge is 0.340 e. The lowest BCUT2D eigenvalue weighted by molar-refractivity contribution is -0.683. The van der Waals surface area contributed by atoms with Crippen LogP contribution in [0.5, 0.6) is 0 Å². The number of H-pyrrole nitrogens is 1. The summed E-state index contributed by atoms with van der Waals surface area (Å²) in [7, 11) is 0. The van der Waals surface area contributed by atoms with Crippen LogP contribution in [0.3, 0.4) is 0 Å². The molecule has 2 rings (SSSR count). The highest BCUT2D eigenvalue weighted by molar-refractivity contribution is 6.01. The van der Waals surface area contributed by atoms with Gasteiger partial charge in [0.1, 0.15) is 0 Å². The Bertz CT molecular complexity index is 805. The van der Waals surface area contributed by atoms with Gasteiger partial charge in [0.15, 0.2) is 18.2 Å². The second-order valence-electron chi connectivity index (χ2n) is 5.59. The van der Waals surface area contributed by atoms with Crippen molar-refractivity contribution >= 4 is 17.5 Å². The molecule has 0 saturated carbocycles. The number of nitrogens with one attached hydrogen (secondary N) is 1. The average Bonchev–Trinajstić information content (AvgIpc) is 2.82. The Morgan fingerprint density at radius 3 is 2.58 bits per heavy atom. The van der Waals surface area contributed by atoms with Crippen molar-refractivity contribution in [1.82, 2.24) is 4.98 Å². The summed E-state index contributed by atoms with van der Waals surface area (Å²) in [6.45, 7) is 7.02. The molecule has 2 heterocycles. The van der Waals surface area contributed by atoms with Crippen LogP contribution in [0.25, 0.3) is 0 Å². The SMILES string of the molecule is CCOC(=O)c1c(C)[nH]c(C(=O)C[n+]2cccc(C(C)=O)c2)c1C. The third-order valence-corrected chi connectivity index (χ3v) is 3.79. The van der Waals surface area contributed by atoms with Crippen LogP contribution in [0.1, 0.15) is 56.3 Å². The Balaban J connectivity index is 2.28. The van der Waals surface area contributed by atoms with Gasteiger partial charge in [-0.15, -0.1) is 0 Å². The van der Waals surface area contributed by atoms with Crippen LogP contribution < -0.4 is 4.57 Å². The van der Waals surface area contributed by atoms with Gasteiger partial charge in [-0.1, -0.05) is 0 Å². The first-order chi connectivity index (χ1) is 11.3. The predicted molar refractivity (Wildman–Crippen MR) is 87.2 cm³/mol. The Hall–Kier alpha value is -2.76. The number of hydrogen-bond donors (Lipinski definition) is 1. The second-order valence-corrected chi connectivity index (χ2v) is 5.59. The molecule has 6 nitrogen and oxygen atoms in total. The van der Waals surface area contributed by atoms with Gasteiger partial charge >= 0.3 is 5.97 Å². The summed E-state index contributed by atoms with van der Waals surface area (Å²) in [4.78, 5) is 39.0. The molecule has 0 aliphatic carbocycles. The molecule has 0 aromatic carbocycles. The third-order valence-electron chi connectivity index (χ3n) is 3.79. The van der Waals surface area contributed by atoms with Gasteiger partial charge in [-0.05, 0) is 39.3 Å². The number of nitrogens with zero attached hydrogens (tertiary/aromatic N) is 1. The van der Waals surface area contributed by atoms with Crippen LogP contribution in [0, 0.1) is 13.8 Å². The standard InChI is InChI=1S/C18H20N2O4/c1-5-24-18(23)16-11(2)17(19-12(16)3)15(22)10-20-8-6-7-14(9-20)13(4)21/h6-9H,5,10H2,1-4H3/p+1. The van der Waals surface area contributed by atoms with E-state index in [-0.39, 0.29) is 24.7 Å². The number of aryl methyl sites for hydroxylation is 1. The van der Waals surface area contributed by atoms with Gasteiger partial charge < -0.3 is 9.72 Å². The molecule has 0 unspecified atom stereocenters. The topological polar surface area (TPSA) is 80.1 Å². The van der Waals surface area contributed by atoms with Crippen molar-refractivity contribution in [3.63, 3.8) is 0 Å². The lowest BCUT2D eigenvalue weighted by atomic mass is 10.1. The fraction of sp³-hybridized carbons (Fsp3) is 0.333. The first-order valence-corrected chi connectivity index (χ1v) is 7.74. The van der Waals surface area contributed by atoms with Crippen molar-refractivity contribution in [2.24, 2.45) is 0 Å². The van der Waals surface area contributed by atoms with Gasteiger partial charge in [-0.25, -0.2) is 4.79 Å². The van der Waals surface area contributed by atoms with Crippen molar-refractivity contribution in [1.29, 1.82) is 0 Å². The number of hydrogen-bond acceptors (Lipinski definition) is 4. The minimum absolute atomic E-state index is 0.0618. The van der Waals surface area contributed by atoms with Crippen LogP contribution in [-0.2, 0) is 11.3 Å². The number of esters is 1. The summed E-state index contributed by atoms with van der Waals surface area (Å²) in [6, 6.07) is 3.42. The number of pyridine rings is 1. The monoisotopic (exact) mass is 329 g/mol. The number of aromatic nitrogens is 2. The highest BCUT2D eigenvalue weighted by Crippen LogP contribution is 2.19. The minimum Gasteiger partial charge on any atom is -0.462 e. The largest absolute Gasteiger partial charge is 0.462 e. The van der Waals surface area contributed by atoms with Gasteiger partial charge in [0.2, 0.25) is 12.3 Å². The minimum atomic E-state index is -0.436. The molecule has 0 radical (unpaired) electrons. The van der Waals surface area contributed by atoms with Crippen molar-refractivity contribution in [2.45, 2.75) is 34.2 Å². The number of carbonyl (C=O) groups excluding carboxylic acids is 3. The number of ketones is 2. The van der Waals surface area contributed by atoms with Crippen molar-refractivity contribution in [3.05, 3.63) is 52.6 Å². The van der Waals surface area contributed by atoms with Crippen LogP contribution in [0.2, 0.25) is 0 Å². The zero-order valence-corrected chi connectivity index (χ0v) is 14.3. The molecule has 0 fully saturated rings. The third kappa shape index (κ3) is 3.59. The van der Waals surface area contributed by atoms with Crippen LogP contribution in [0.15, 0.2) is 24.5 Å². The zero-order chi connectivity index (χ0) is 17.9. The molecule has 126 valence electrons. The van der Waals surface area contributed by atoms with E-state index in [9.17, 15) is 14.4 Å². The van der Waals surface area contributed by atoms with Crippen LogP contribution in [0.4, 0.5) is 0 Å². The van der Waals surface area contributed by atoms with Gasteiger partial charge in [0.25, 0.3) is 0 Å². The molecule has 24 heavy (non-hydrogen) atoms. The van der Waals surface area contributed by atoms with E-state index in [1.165, 1.54) is 6.92 Å². The summed E-state index contributed by atoms with van der Waals surface area (Å²) in [5.74, 6) is -0.667. The van der Waals surface area contributed by atoms with Crippen LogP contribution in [-0.4, -0.2) is 29.1 Å². The fourth-order valence-corrected chi connectivity index (χ4v) is 2.61. The number of ether oxygens (including phenoxy) is 1. The maximum atomic E-state index is 12.6. The van der Waals surface area contributed by atoms with E-state index in [1.54, 1.807) is 49.9 Å². The second kappa shape index (κ2) is 7.21. The molecular formula is C18H21N2O4+. The van der Waals surface area contributed by atoms with Crippen molar-refractivity contribution < 1.29 is 23.7 Å². The highest BCUT2D eigenvalue weighted by Gasteiger charge is 2.24. The normalized spacial score (nSPS) is 10.5. The molecular weight excluding hydrogens is 308 g/mol. The molecule has 0 bridgehead atoms. The van der Waals surface area contributed by atoms with Crippen molar-refractivity contribution in [2.75, 3.05) is 6.61 Å². The molecule has 6 heteroatoms. The average molecular weight is 329 g/mol. The molecule has 0 atom stereocenters. The summed E-state index contributed by atoms with van der Waals surface area (Å²) in [6.07, 6.45) is 3.36. The van der Waals surface area contributed by atoms with E-state index in [2.05, 4.69) is 4.98 Å². The first kappa shape index (κ1) is 17.6. The summed E-state index contributed by atoms with van der Waals surface area (Å²) < 4.78 is 6.68. The maximum Gasteiger partial charge on any atom is 0.340 e. The molecule has 0 saturated heterocycles. The van der Waals surface area contributed by atoms with Crippen LogP contribution >= 0.6 is 0 Å². The van der Waals surface area contributed by atoms with E-state index in [4.69, 9.17) is 4.74 Å². The lowest BCUT2D eigenvalue weighted by Gasteiger charge is -2.02. The highest BCUT2D eigenvalue weighted by atomic mass is 16.5. The van der Waals surface area contributed by atoms with E-state index < -0.39 is 5.97 Å². The zero-order valence-electron chi connectivity index (χ0n) is 14.3. The number of aromatic amines is 1. The summed E-state index contributed by atoms with van der Waals surface area (Å²) in [5, 5.41) is 0. The number of rotatable bonds is 6. The number of Topliss-reactive ketones (excluding diaryl/α,β-unsaturated/α-hetero) is 2. The van der Waals surface area contributed by atoms with Crippen molar-refractivity contribution in [3.8, 4) is 0 Å². The van der Waals surface area contributed by atoms with E-state index in [0.29, 0.717) is 28.1 Å². The molecule has 2 aromatic heterocycles. The summed E-state index contributed by atoms with van der Waals surface area (Å²) in [5.41, 5.74) is 2.52. The molecule has 0 spiro atoms. The van der Waals surface area contributed by atoms with Gasteiger partial charge in [0.05, 0.1) is 23.4 Å². The molecule has 0 aliphatic rings. The number of carbonyl (C=O) groups is 3. The van der Waals surface area contributed by atoms with E-state index in [0.717, 1.165) is 0 Å². The quantitative estimate of drug-likeness (QED) is 0.500. The fourth-order valence-electron chi connectivity index (χ4n) is 2.61. The Kier molecular flexibility index (Phi) is 5.28. The van der Waals surface area contributed by atoms with Gasteiger partial charge in [-0.3, -0.25) is 9.59 Å². The molecule has 2 aromatic rings. The first-order valence-electron chi connectivity index (χ1n) is 7.74. The molecule has 0 amide bonds. The summed E-state index contributed by atoms with van der Waals surface area (Å²) >= 11 is 0. The van der Waals surface area contributed by atoms with E-state index >= 15 is 0 Å². The Labute approximate surface area is 140 Å². The van der Waals surface area contributed by atoms with E-state index in [1.807, 2.05) is 0 Å². The van der Waals surface area contributed by atoms with Gasteiger partial charge in [-0.2, -0.15) is 4.57 Å².